The fourth-order valence-corrected chi connectivity index (χ4v) is 5.06. The number of hydrogen-bond acceptors (Lipinski definition) is 9. The zero-order valence-electron chi connectivity index (χ0n) is 20.1. The Bertz CT molecular complexity index is 1050. The van der Waals surface area contributed by atoms with Crippen molar-refractivity contribution in [2.45, 2.75) is 33.1 Å². The van der Waals surface area contributed by atoms with E-state index in [0.29, 0.717) is 40.3 Å². The molecule has 1 aromatic carbocycles. The highest BCUT2D eigenvalue weighted by atomic mass is 32.2. The van der Waals surface area contributed by atoms with Gasteiger partial charge in [-0.25, -0.2) is 4.79 Å². The lowest BCUT2D eigenvalue weighted by molar-refractivity contribution is -0.151. The Labute approximate surface area is 203 Å². The summed E-state index contributed by atoms with van der Waals surface area (Å²) >= 11 is 1.66. The SMILES string of the molecule is CCSCCOC(=O)C1=C(C)NC2=C(C(=O)[C@H](C(=O)OC)[C@H](C)C2)[C@@H]1c1ccc(O)c(OC)c1. The zero-order chi connectivity index (χ0) is 25.0. The Morgan fingerprint density at radius 2 is 2.00 bits per heavy atom. The minimum Gasteiger partial charge on any atom is -0.504 e. The molecule has 0 spiro atoms. The Morgan fingerprint density at radius 3 is 2.65 bits per heavy atom. The van der Waals surface area contributed by atoms with Gasteiger partial charge in [-0.1, -0.05) is 19.9 Å². The number of methoxy groups -OCH3 is 2. The number of benzene rings is 1. The summed E-state index contributed by atoms with van der Waals surface area (Å²) in [4.78, 5) is 39.4. The lowest BCUT2D eigenvalue weighted by Crippen LogP contribution is -2.43. The Kier molecular flexibility index (Phi) is 8.30. The van der Waals surface area contributed by atoms with E-state index in [0.717, 1.165) is 5.75 Å². The van der Waals surface area contributed by atoms with Crippen LogP contribution in [-0.4, -0.2) is 55.2 Å². The minimum atomic E-state index is -0.969. The van der Waals surface area contributed by atoms with Crippen molar-refractivity contribution in [1.82, 2.24) is 5.32 Å². The monoisotopic (exact) mass is 489 g/mol. The molecule has 0 saturated heterocycles. The summed E-state index contributed by atoms with van der Waals surface area (Å²) in [6.45, 7) is 5.87. The standard InChI is InChI=1S/C25H31NO7S/c1-6-34-10-9-33-25(30)20-14(3)26-16-11-13(2)19(24(29)32-5)23(28)22(16)21(20)15-7-8-17(27)18(12-15)31-4/h7-8,12-13,19,21,26-27H,6,9-11H2,1-5H3/t13-,19-,21-/m1/s1. The number of nitrogens with one attached hydrogen (secondary N) is 1. The van der Waals surface area contributed by atoms with Crippen LogP contribution in [0.25, 0.3) is 0 Å². The molecule has 1 aromatic rings. The lowest BCUT2D eigenvalue weighted by Gasteiger charge is -2.38. The smallest absolute Gasteiger partial charge is 0.336 e. The normalized spacial score (nSPS) is 22.1. The van der Waals surface area contributed by atoms with E-state index in [4.69, 9.17) is 14.2 Å². The third kappa shape index (κ3) is 4.94. The molecule has 184 valence electrons. The van der Waals surface area contributed by atoms with Gasteiger partial charge in [0.1, 0.15) is 12.5 Å². The van der Waals surface area contributed by atoms with Crippen LogP contribution in [0, 0.1) is 11.8 Å². The highest BCUT2D eigenvalue weighted by molar-refractivity contribution is 7.99. The molecule has 3 rings (SSSR count). The molecule has 3 atom stereocenters. The summed E-state index contributed by atoms with van der Waals surface area (Å²) in [5.41, 5.74) is 2.45. The maximum Gasteiger partial charge on any atom is 0.336 e. The number of phenols is 1. The number of esters is 2. The summed E-state index contributed by atoms with van der Waals surface area (Å²) in [5, 5.41) is 13.3. The zero-order valence-corrected chi connectivity index (χ0v) is 20.9. The number of dihydropyridines is 1. The first-order chi connectivity index (χ1) is 16.2. The van der Waals surface area contributed by atoms with Gasteiger partial charge in [0.25, 0.3) is 0 Å². The predicted octanol–water partition coefficient (Wildman–Crippen LogP) is 3.31. The molecule has 34 heavy (non-hydrogen) atoms. The van der Waals surface area contributed by atoms with Crippen molar-refractivity contribution in [2.75, 3.05) is 32.3 Å². The first kappa shape index (κ1) is 25.7. The average molecular weight is 490 g/mol. The number of phenolic OH excluding ortho intramolecular Hbond substituents is 1. The number of Topliss-reactive ketones (excluding diaryl/α,β-unsaturated/α-hetero) is 1. The van der Waals surface area contributed by atoms with Crippen molar-refractivity contribution < 1.29 is 33.7 Å². The number of thioether (sulfide) groups is 1. The van der Waals surface area contributed by atoms with Gasteiger partial charge in [0, 0.05) is 28.6 Å². The van der Waals surface area contributed by atoms with E-state index in [1.807, 2.05) is 13.8 Å². The van der Waals surface area contributed by atoms with Gasteiger partial charge < -0.3 is 24.6 Å². The second-order valence-corrected chi connectivity index (χ2v) is 9.69. The maximum absolute atomic E-state index is 13.7. The molecular weight excluding hydrogens is 458 g/mol. The van der Waals surface area contributed by atoms with Crippen LogP contribution in [-0.2, 0) is 23.9 Å². The molecule has 2 N–H and O–H groups in total. The second kappa shape index (κ2) is 11.0. The first-order valence-corrected chi connectivity index (χ1v) is 12.3. The van der Waals surface area contributed by atoms with E-state index in [9.17, 15) is 19.5 Å². The topological polar surface area (TPSA) is 111 Å². The van der Waals surface area contributed by atoms with Crippen LogP contribution in [0.1, 0.15) is 38.7 Å². The van der Waals surface area contributed by atoms with Crippen LogP contribution >= 0.6 is 11.8 Å². The molecule has 0 radical (unpaired) electrons. The Hall–Kier alpha value is -2.94. The molecule has 0 saturated carbocycles. The van der Waals surface area contributed by atoms with Crippen LogP contribution in [0.3, 0.4) is 0 Å². The lowest BCUT2D eigenvalue weighted by atomic mass is 9.69. The quantitative estimate of drug-likeness (QED) is 0.323. The molecule has 0 unspecified atom stereocenters. The van der Waals surface area contributed by atoms with Crippen LogP contribution in [0.4, 0.5) is 0 Å². The molecule has 1 aliphatic carbocycles. The van der Waals surface area contributed by atoms with E-state index in [2.05, 4.69) is 5.32 Å². The number of allylic oxidation sites excluding steroid dienone is 3. The number of ether oxygens (including phenoxy) is 3. The third-order valence-electron chi connectivity index (χ3n) is 6.17. The van der Waals surface area contributed by atoms with E-state index < -0.39 is 23.8 Å². The fourth-order valence-electron chi connectivity index (χ4n) is 4.57. The summed E-state index contributed by atoms with van der Waals surface area (Å²) in [6.07, 6.45) is 0.444. The number of carbonyl (C=O) groups excluding carboxylic acids is 3. The van der Waals surface area contributed by atoms with Gasteiger partial charge >= 0.3 is 11.9 Å². The fraction of sp³-hybridized carbons (Fsp3) is 0.480. The van der Waals surface area contributed by atoms with Crippen LogP contribution in [0.2, 0.25) is 0 Å². The summed E-state index contributed by atoms with van der Waals surface area (Å²) in [6, 6.07) is 4.70. The van der Waals surface area contributed by atoms with Crippen LogP contribution in [0.5, 0.6) is 11.5 Å². The Morgan fingerprint density at radius 1 is 1.26 bits per heavy atom. The van der Waals surface area contributed by atoms with Crippen molar-refractivity contribution in [3.8, 4) is 11.5 Å². The van der Waals surface area contributed by atoms with E-state index in [1.54, 1.807) is 30.8 Å². The molecule has 0 aromatic heterocycles. The highest BCUT2D eigenvalue weighted by Crippen LogP contribution is 2.46. The van der Waals surface area contributed by atoms with Gasteiger partial charge in [0.2, 0.25) is 0 Å². The van der Waals surface area contributed by atoms with Gasteiger partial charge in [0.05, 0.1) is 19.8 Å². The molecule has 2 aliphatic rings. The van der Waals surface area contributed by atoms with Gasteiger partial charge in [0.15, 0.2) is 17.3 Å². The third-order valence-corrected chi connectivity index (χ3v) is 7.03. The molecule has 8 nitrogen and oxygen atoms in total. The molecule has 1 aliphatic heterocycles. The van der Waals surface area contributed by atoms with E-state index >= 15 is 0 Å². The molecule has 9 heteroatoms. The molecule has 0 amide bonds. The van der Waals surface area contributed by atoms with Crippen LogP contribution < -0.4 is 10.1 Å². The largest absolute Gasteiger partial charge is 0.504 e. The van der Waals surface area contributed by atoms with Crippen molar-refractivity contribution in [3.63, 3.8) is 0 Å². The van der Waals surface area contributed by atoms with Crippen molar-refractivity contribution in [3.05, 3.63) is 46.3 Å². The number of ketones is 1. The number of hydrogen-bond donors (Lipinski definition) is 2. The first-order valence-electron chi connectivity index (χ1n) is 11.2. The summed E-state index contributed by atoms with van der Waals surface area (Å²) < 4.78 is 15.7. The number of rotatable bonds is 8. The van der Waals surface area contributed by atoms with Crippen molar-refractivity contribution in [2.24, 2.45) is 11.8 Å². The maximum atomic E-state index is 13.7. The predicted molar refractivity (Wildman–Crippen MR) is 129 cm³/mol. The van der Waals surface area contributed by atoms with Gasteiger partial charge in [-0.05, 0) is 42.7 Å². The Balaban J connectivity index is 2.12. The molecule has 0 fully saturated rings. The molecule has 1 heterocycles. The average Bonchev–Trinajstić information content (AvgIpc) is 2.81. The van der Waals surface area contributed by atoms with E-state index in [1.165, 1.54) is 20.3 Å². The molecule has 0 bridgehead atoms. The van der Waals surface area contributed by atoms with Crippen LogP contribution in [0.15, 0.2) is 40.7 Å². The van der Waals surface area contributed by atoms with Crippen molar-refractivity contribution in [1.29, 1.82) is 0 Å². The highest BCUT2D eigenvalue weighted by Gasteiger charge is 2.47. The summed E-state index contributed by atoms with van der Waals surface area (Å²) in [5.74, 6) is -1.82. The number of carbonyl (C=O) groups is 3. The number of aromatic hydroxyl groups is 1. The van der Waals surface area contributed by atoms with Crippen molar-refractivity contribution >= 4 is 29.5 Å². The second-order valence-electron chi connectivity index (χ2n) is 8.30. The summed E-state index contributed by atoms with van der Waals surface area (Å²) in [7, 11) is 2.68. The van der Waals surface area contributed by atoms with Gasteiger partial charge in [-0.15, -0.1) is 0 Å². The van der Waals surface area contributed by atoms with E-state index in [-0.39, 0.29) is 29.8 Å². The van der Waals surface area contributed by atoms with Gasteiger partial charge in [-0.2, -0.15) is 11.8 Å². The molecular formula is C25H31NO7S. The minimum absolute atomic E-state index is 0.0631. The van der Waals surface area contributed by atoms with Gasteiger partial charge in [-0.3, -0.25) is 9.59 Å².